The first kappa shape index (κ1) is 23.9. The maximum atomic E-state index is 12.9. The minimum Gasteiger partial charge on any atom is -0.489 e. The molecule has 4 aromatic rings. The zero-order valence-corrected chi connectivity index (χ0v) is 21.4. The van der Waals surface area contributed by atoms with Crippen LogP contribution in [0.4, 0.5) is 0 Å². The van der Waals surface area contributed by atoms with Gasteiger partial charge in [-0.25, -0.2) is 0 Å². The molecule has 1 saturated heterocycles. The molecule has 4 heterocycles. The zero-order chi connectivity index (χ0) is 25.4. The van der Waals surface area contributed by atoms with Crippen LogP contribution >= 0.6 is 0 Å². The van der Waals surface area contributed by atoms with Gasteiger partial charge >= 0.3 is 0 Å². The maximum absolute atomic E-state index is 12.9. The molecule has 186 valence electrons. The van der Waals surface area contributed by atoms with Crippen molar-refractivity contribution >= 4 is 16.8 Å². The highest BCUT2D eigenvalue weighted by Gasteiger charge is 2.43. The summed E-state index contributed by atoms with van der Waals surface area (Å²) in [6.45, 7) is 6.10. The lowest BCUT2D eigenvalue weighted by atomic mass is 9.96. The molecule has 6 nitrogen and oxygen atoms in total. The van der Waals surface area contributed by atoms with E-state index in [2.05, 4.69) is 28.6 Å². The third-order valence-corrected chi connectivity index (χ3v) is 7.39. The van der Waals surface area contributed by atoms with Gasteiger partial charge in [0.1, 0.15) is 12.4 Å². The van der Waals surface area contributed by atoms with Crippen molar-refractivity contribution in [1.29, 1.82) is 0 Å². The van der Waals surface area contributed by atoms with E-state index in [9.17, 15) is 9.59 Å². The SMILES string of the molecule is CC.CC(=O)N1C2CCC1c1c(n(C)c3cc(-n4ccc(OCc5ccccc5)cc4=O)ccc13)C2. The molecule has 6 heteroatoms. The molecule has 2 bridgehead atoms. The fourth-order valence-electron chi connectivity index (χ4n) is 5.85. The summed E-state index contributed by atoms with van der Waals surface area (Å²) < 4.78 is 9.71. The van der Waals surface area contributed by atoms with Crippen molar-refractivity contribution in [2.75, 3.05) is 0 Å². The normalized spacial score (nSPS) is 17.9. The van der Waals surface area contributed by atoms with Crippen LogP contribution in [0.5, 0.6) is 5.75 Å². The Bertz CT molecular complexity index is 1470. The Morgan fingerprint density at radius 3 is 2.53 bits per heavy atom. The van der Waals surface area contributed by atoms with Gasteiger partial charge in [-0.1, -0.05) is 50.2 Å². The van der Waals surface area contributed by atoms with Gasteiger partial charge in [0, 0.05) is 55.3 Å². The molecule has 36 heavy (non-hydrogen) atoms. The average molecular weight is 484 g/mol. The minimum atomic E-state index is -0.134. The highest BCUT2D eigenvalue weighted by atomic mass is 16.5. The smallest absolute Gasteiger partial charge is 0.258 e. The molecule has 0 N–H and O–H groups in total. The number of ether oxygens (including phenoxy) is 1. The first-order chi connectivity index (χ1) is 17.5. The molecule has 2 aliphatic rings. The molecule has 0 saturated carbocycles. The number of rotatable bonds is 4. The highest BCUT2D eigenvalue weighted by Crippen LogP contribution is 2.47. The van der Waals surface area contributed by atoms with Crippen LogP contribution in [0.25, 0.3) is 16.6 Å². The molecule has 1 amide bonds. The van der Waals surface area contributed by atoms with Crippen LogP contribution in [0.15, 0.2) is 71.7 Å². The lowest BCUT2D eigenvalue weighted by Crippen LogP contribution is -2.40. The van der Waals surface area contributed by atoms with Gasteiger partial charge in [-0.15, -0.1) is 0 Å². The molecule has 2 aromatic heterocycles. The summed E-state index contributed by atoms with van der Waals surface area (Å²) in [5.74, 6) is 0.716. The highest BCUT2D eigenvalue weighted by molar-refractivity contribution is 5.89. The van der Waals surface area contributed by atoms with Crippen molar-refractivity contribution in [3.05, 3.63) is 94.0 Å². The fraction of sp³-hybridized carbons (Fsp3) is 0.333. The van der Waals surface area contributed by atoms with Crippen molar-refractivity contribution in [1.82, 2.24) is 14.0 Å². The van der Waals surface area contributed by atoms with Gasteiger partial charge in [-0.2, -0.15) is 0 Å². The second-order valence-electron chi connectivity index (χ2n) is 9.34. The predicted octanol–water partition coefficient (Wildman–Crippen LogP) is 5.54. The lowest BCUT2D eigenvalue weighted by Gasteiger charge is -2.34. The summed E-state index contributed by atoms with van der Waals surface area (Å²) in [6, 6.07) is 19.9. The average Bonchev–Trinajstić information content (AvgIpc) is 3.37. The summed E-state index contributed by atoms with van der Waals surface area (Å²) in [7, 11) is 2.09. The lowest BCUT2D eigenvalue weighted by molar-refractivity contribution is -0.132. The molecule has 0 radical (unpaired) electrons. The van der Waals surface area contributed by atoms with E-state index in [1.807, 2.05) is 56.3 Å². The van der Waals surface area contributed by atoms with Gasteiger partial charge in [-0.05, 0) is 36.6 Å². The van der Waals surface area contributed by atoms with Crippen LogP contribution in [0.3, 0.4) is 0 Å². The van der Waals surface area contributed by atoms with Gasteiger partial charge in [-0.3, -0.25) is 14.2 Å². The van der Waals surface area contributed by atoms with Crippen molar-refractivity contribution in [3.8, 4) is 11.4 Å². The van der Waals surface area contributed by atoms with Crippen LogP contribution in [0.2, 0.25) is 0 Å². The molecule has 2 aromatic carbocycles. The van der Waals surface area contributed by atoms with Crippen molar-refractivity contribution in [2.24, 2.45) is 7.05 Å². The van der Waals surface area contributed by atoms with Crippen LogP contribution in [-0.2, 0) is 24.9 Å². The van der Waals surface area contributed by atoms with Crippen LogP contribution in [0, 0.1) is 0 Å². The van der Waals surface area contributed by atoms with Crippen LogP contribution in [-0.4, -0.2) is 26.0 Å². The number of hydrogen-bond donors (Lipinski definition) is 0. The number of nitrogens with zero attached hydrogens (tertiary/aromatic N) is 3. The molecular formula is C30H33N3O3. The van der Waals surface area contributed by atoms with Crippen LogP contribution in [0.1, 0.15) is 56.5 Å². The maximum Gasteiger partial charge on any atom is 0.258 e. The van der Waals surface area contributed by atoms with Gasteiger partial charge in [0.05, 0.1) is 17.2 Å². The van der Waals surface area contributed by atoms with Gasteiger partial charge in [0.2, 0.25) is 5.91 Å². The second-order valence-corrected chi connectivity index (χ2v) is 9.34. The van der Waals surface area contributed by atoms with Crippen molar-refractivity contribution in [3.63, 3.8) is 0 Å². The van der Waals surface area contributed by atoms with Crippen LogP contribution < -0.4 is 10.3 Å². The number of carbonyl (C=O) groups is 1. The molecule has 2 unspecified atom stereocenters. The Morgan fingerprint density at radius 1 is 1.03 bits per heavy atom. The van der Waals surface area contributed by atoms with Gasteiger partial charge in [0.15, 0.2) is 0 Å². The summed E-state index contributed by atoms with van der Waals surface area (Å²) >= 11 is 0. The Kier molecular flexibility index (Phi) is 6.44. The number of fused-ring (bicyclic) bond motifs is 6. The molecule has 1 fully saturated rings. The Labute approximate surface area is 211 Å². The largest absolute Gasteiger partial charge is 0.489 e. The van der Waals surface area contributed by atoms with E-state index >= 15 is 0 Å². The van der Waals surface area contributed by atoms with E-state index in [1.165, 1.54) is 22.7 Å². The third kappa shape index (κ3) is 4.00. The summed E-state index contributed by atoms with van der Waals surface area (Å²) in [6.07, 6.45) is 4.74. The standard InChI is InChI=1S/C28H27N3O3.C2H6/c1-18(32)31-21-9-11-24(31)28-23-10-8-20(14-25(23)29(2)26(28)15-21)30-13-12-22(16-27(30)33)34-17-19-6-4-3-5-7-19;1-2/h3-8,10,12-14,16,21,24H,9,11,15,17H2,1-2H3;1-2H3. The molecule has 2 aliphatic heterocycles. The fourth-order valence-corrected chi connectivity index (χ4v) is 5.85. The van der Waals surface area contributed by atoms with E-state index in [1.54, 1.807) is 17.7 Å². The third-order valence-electron chi connectivity index (χ3n) is 7.39. The number of pyridine rings is 1. The Morgan fingerprint density at radius 2 is 1.81 bits per heavy atom. The number of aromatic nitrogens is 2. The molecule has 0 spiro atoms. The number of carbonyl (C=O) groups excluding carboxylic acids is 1. The molecular weight excluding hydrogens is 450 g/mol. The minimum absolute atomic E-state index is 0.134. The topological polar surface area (TPSA) is 56.5 Å². The number of aryl methyl sites for hydroxylation is 1. The van der Waals surface area contributed by atoms with Gasteiger partial charge in [0.25, 0.3) is 5.56 Å². The number of benzene rings is 2. The first-order valence-corrected chi connectivity index (χ1v) is 12.8. The predicted molar refractivity (Wildman–Crippen MR) is 143 cm³/mol. The Hall–Kier alpha value is -3.80. The molecule has 0 aliphatic carbocycles. The second kappa shape index (κ2) is 9.69. The number of amides is 1. The molecule has 2 atom stereocenters. The van der Waals surface area contributed by atoms with E-state index < -0.39 is 0 Å². The quantitative estimate of drug-likeness (QED) is 0.383. The zero-order valence-electron chi connectivity index (χ0n) is 21.4. The monoisotopic (exact) mass is 483 g/mol. The summed E-state index contributed by atoms with van der Waals surface area (Å²) in [5.41, 5.74) is 5.43. The van der Waals surface area contributed by atoms with Crippen molar-refractivity contribution in [2.45, 2.75) is 58.7 Å². The Balaban J connectivity index is 0.00000130. The van der Waals surface area contributed by atoms with Crippen molar-refractivity contribution < 1.29 is 9.53 Å². The first-order valence-electron chi connectivity index (χ1n) is 12.8. The molecule has 6 rings (SSSR count). The van der Waals surface area contributed by atoms with E-state index in [-0.39, 0.29) is 17.5 Å². The van der Waals surface area contributed by atoms with E-state index in [0.29, 0.717) is 18.4 Å². The van der Waals surface area contributed by atoms with E-state index in [0.717, 1.165) is 36.0 Å². The summed E-state index contributed by atoms with van der Waals surface area (Å²) in [4.78, 5) is 27.3. The van der Waals surface area contributed by atoms with E-state index in [4.69, 9.17) is 4.74 Å². The summed E-state index contributed by atoms with van der Waals surface area (Å²) in [5, 5.41) is 1.17. The number of hydrogen-bond acceptors (Lipinski definition) is 3. The van der Waals surface area contributed by atoms with Gasteiger partial charge < -0.3 is 14.2 Å².